The first kappa shape index (κ1) is 32.2. The van der Waals surface area contributed by atoms with Gasteiger partial charge in [0.05, 0.1) is 40.3 Å². The molecule has 2 fully saturated rings. The molecule has 6 rings (SSSR count). The average molecular weight is 673 g/mol. The van der Waals surface area contributed by atoms with Crippen molar-refractivity contribution >= 4 is 35.0 Å². The van der Waals surface area contributed by atoms with Crippen LogP contribution in [0.3, 0.4) is 0 Å². The zero-order valence-corrected chi connectivity index (χ0v) is 26.1. The highest BCUT2D eigenvalue weighted by molar-refractivity contribution is 6.34. The van der Waals surface area contributed by atoms with Crippen LogP contribution >= 0.6 is 11.6 Å². The molecule has 3 amide bonds. The summed E-state index contributed by atoms with van der Waals surface area (Å²) in [4.78, 5) is 46.8. The van der Waals surface area contributed by atoms with E-state index >= 15 is 0 Å². The number of carbonyl (C=O) groups excluding carboxylic acids is 3. The number of alkyl halides is 3. The van der Waals surface area contributed by atoms with Gasteiger partial charge >= 0.3 is 6.18 Å². The van der Waals surface area contributed by atoms with E-state index in [2.05, 4.69) is 30.9 Å². The topological polar surface area (TPSA) is 146 Å². The number of anilines is 1. The number of hydrogen-bond acceptors (Lipinski definition) is 7. The van der Waals surface area contributed by atoms with Crippen molar-refractivity contribution in [3.8, 4) is 11.3 Å². The predicted molar refractivity (Wildman–Crippen MR) is 165 cm³/mol. The highest BCUT2D eigenvalue weighted by Gasteiger charge is 2.39. The molecule has 2 aliphatic rings. The van der Waals surface area contributed by atoms with Crippen molar-refractivity contribution in [2.24, 2.45) is 13.0 Å². The van der Waals surface area contributed by atoms with Gasteiger partial charge in [-0.1, -0.05) is 11.6 Å². The van der Waals surface area contributed by atoms with Crippen molar-refractivity contribution in [3.63, 3.8) is 0 Å². The summed E-state index contributed by atoms with van der Waals surface area (Å²) < 4.78 is 44.1. The number of piperazine rings is 1. The third-order valence-electron chi connectivity index (χ3n) is 8.41. The largest absolute Gasteiger partial charge is 0.435 e. The molecule has 0 radical (unpaired) electrons. The fourth-order valence-corrected chi connectivity index (χ4v) is 6.16. The van der Waals surface area contributed by atoms with Crippen LogP contribution in [0.4, 0.5) is 18.9 Å². The maximum absolute atomic E-state index is 13.9. The molecular weight excluding hydrogens is 641 g/mol. The molecule has 0 aliphatic carbocycles. The van der Waals surface area contributed by atoms with Gasteiger partial charge in [0.15, 0.2) is 11.5 Å². The first-order valence-electron chi connectivity index (χ1n) is 15.0. The Morgan fingerprint density at radius 2 is 1.79 bits per heavy atom. The van der Waals surface area contributed by atoms with E-state index in [9.17, 15) is 27.6 Å². The first-order chi connectivity index (χ1) is 22.5. The van der Waals surface area contributed by atoms with Crippen LogP contribution in [-0.4, -0.2) is 96.3 Å². The molecule has 2 saturated heterocycles. The van der Waals surface area contributed by atoms with Crippen molar-refractivity contribution in [2.75, 3.05) is 44.6 Å². The van der Waals surface area contributed by atoms with E-state index in [4.69, 9.17) is 11.6 Å². The molecule has 13 nitrogen and oxygen atoms in total. The number of hydrogen-bond donors (Lipinski definition) is 3. The van der Waals surface area contributed by atoms with E-state index in [0.29, 0.717) is 31.9 Å². The van der Waals surface area contributed by atoms with Gasteiger partial charge in [0.2, 0.25) is 5.91 Å². The number of H-pyrrole nitrogens is 1. The van der Waals surface area contributed by atoms with Crippen molar-refractivity contribution in [2.45, 2.75) is 25.6 Å². The van der Waals surface area contributed by atoms with Crippen LogP contribution in [0, 0.1) is 5.92 Å². The summed E-state index contributed by atoms with van der Waals surface area (Å²) >= 11 is 6.47. The quantitative estimate of drug-likeness (QED) is 0.273. The van der Waals surface area contributed by atoms with Gasteiger partial charge < -0.3 is 25.0 Å². The van der Waals surface area contributed by atoms with Gasteiger partial charge in [-0.05, 0) is 50.2 Å². The van der Waals surface area contributed by atoms with E-state index in [1.165, 1.54) is 48.4 Å². The minimum atomic E-state index is -4.75. The third-order valence-corrected chi connectivity index (χ3v) is 8.73. The number of aromatic nitrogens is 6. The minimum Gasteiger partial charge on any atom is -0.339 e. The summed E-state index contributed by atoms with van der Waals surface area (Å²) in [5.74, 6) is -0.978. The SMILES string of the molecule is Cn1c(-c2cn(Cc3ccn[nH]3)nc2C(F)(F)F)cnc1C(=O)Nc1ccc(C(=O)N2CCN(C(=O)C3CCNCC3)CC2)c(Cl)c1. The average Bonchev–Trinajstić information content (AvgIpc) is 3.81. The van der Waals surface area contributed by atoms with Crippen molar-refractivity contribution in [1.29, 1.82) is 0 Å². The molecule has 3 N–H and O–H groups in total. The number of piperidine rings is 1. The number of rotatable bonds is 7. The third kappa shape index (κ3) is 6.88. The predicted octanol–water partition coefficient (Wildman–Crippen LogP) is 3.26. The number of benzene rings is 1. The van der Waals surface area contributed by atoms with Crippen molar-refractivity contribution in [1.82, 2.24) is 44.6 Å². The van der Waals surface area contributed by atoms with Gasteiger partial charge in [0.25, 0.3) is 11.8 Å². The Hall–Kier alpha value is -4.70. The Morgan fingerprint density at radius 1 is 1.06 bits per heavy atom. The molecule has 0 spiro atoms. The Kier molecular flexibility index (Phi) is 9.05. The molecule has 4 aromatic rings. The van der Waals surface area contributed by atoms with Crippen LogP contribution in [0.25, 0.3) is 11.3 Å². The molecule has 0 saturated carbocycles. The van der Waals surface area contributed by atoms with Crippen LogP contribution in [0.2, 0.25) is 5.02 Å². The van der Waals surface area contributed by atoms with Gasteiger partial charge in [-0.15, -0.1) is 0 Å². The zero-order chi connectivity index (χ0) is 33.3. The Morgan fingerprint density at radius 3 is 2.45 bits per heavy atom. The molecule has 0 unspecified atom stereocenters. The lowest BCUT2D eigenvalue weighted by Crippen LogP contribution is -2.52. The zero-order valence-electron chi connectivity index (χ0n) is 25.3. The maximum Gasteiger partial charge on any atom is 0.435 e. The normalized spacial score (nSPS) is 16.0. The molecule has 3 aromatic heterocycles. The molecule has 47 heavy (non-hydrogen) atoms. The Balaban J connectivity index is 1.11. The fraction of sp³-hybridized carbons (Fsp3) is 0.400. The second-order valence-corrected chi connectivity index (χ2v) is 11.9. The lowest BCUT2D eigenvalue weighted by molar-refractivity contribution is -0.141. The van der Waals surface area contributed by atoms with Gasteiger partial charge in [0, 0.05) is 57.2 Å². The summed E-state index contributed by atoms with van der Waals surface area (Å²) in [6.07, 6.45) is 0.776. The number of nitrogens with zero attached hydrogens (tertiary/aromatic N) is 7. The van der Waals surface area contributed by atoms with Gasteiger partial charge in [-0.25, -0.2) is 4.98 Å². The minimum absolute atomic E-state index is 0.0161. The summed E-state index contributed by atoms with van der Waals surface area (Å²) in [5, 5.41) is 16.2. The lowest BCUT2D eigenvalue weighted by Gasteiger charge is -2.37. The monoisotopic (exact) mass is 672 g/mol. The highest BCUT2D eigenvalue weighted by atomic mass is 35.5. The fourth-order valence-electron chi connectivity index (χ4n) is 5.90. The molecular formula is C30H32ClF3N10O3. The van der Waals surface area contributed by atoms with Crippen LogP contribution in [0.15, 0.2) is 42.9 Å². The summed E-state index contributed by atoms with van der Waals surface area (Å²) in [6, 6.07) is 6.06. The molecule has 1 aromatic carbocycles. The Labute approximate surface area is 272 Å². The summed E-state index contributed by atoms with van der Waals surface area (Å²) in [7, 11) is 1.43. The number of nitrogens with one attached hydrogen (secondary N) is 3. The lowest BCUT2D eigenvalue weighted by atomic mass is 9.96. The summed E-state index contributed by atoms with van der Waals surface area (Å²) in [6.45, 7) is 3.34. The molecule has 0 atom stereocenters. The van der Waals surface area contributed by atoms with E-state index in [0.717, 1.165) is 30.6 Å². The first-order valence-corrected chi connectivity index (χ1v) is 15.4. The van der Waals surface area contributed by atoms with E-state index < -0.39 is 17.8 Å². The number of imidazole rings is 1. The molecule has 2 aliphatic heterocycles. The second kappa shape index (κ2) is 13.2. The van der Waals surface area contributed by atoms with Crippen LogP contribution < -0.4 is 10.6 Å². The molecule has 248 valence electrons. The maximum atomic E-state index is 13.9. The van der Waals surface area contributed by atoms with E-state index in [1.807, 2.05) is 4.90 Å². The van der Waals surface area contributed by atoms with Crippen molar-refractivity contribution < 1.29 is 27.6 Å². The number of halogens is 4. The number of amides is 3. The highest BCUT2D eigenvalue weighted by Crippen LogP contribution is 2.36. The van der Waals surface area contributed by atoms with E-state index in [-0.39, 0.29) is 57.6 Å². The van der Waals surface area contributed by atoms with Crippen molar-refractivity contribution in [3.05, 3.63) is 70.7 Å². The second-order valence-electron chi connectivity index (χ2n) is 11.5. The van der Waals surface area contributed by atoms with Gasteiger partial charge in [-0.2, -0.15) is 23.4 Å². The van der Waals surface area contributed by atoms with E-state index in [1.54, 1.807) is 11.0 Å². The Bertz CT molecular complexity index is 1770. The molecule has 0 bridgehead atoms. The number of carbonyl (C=O) groups is 3. The van der Waals surface area contributed by atoms with Crippen LogP contribution in [-0.2, 0) is 24.6 Å². The van der Waals surface area contributed by atoms with Gasteiger partial charge in [-0.3, -0.25) is 24.2 Å². The van der Waals surface area contributed by atoms with Crippen LogP contribution in [0.5, 0.6) is 0 Å². The molecule has 17 heteroatoms. The molecule has 5 heterocycles. The number of aromatic amines is 1. The summed E-state index contributed by atoms with van der Waals surface area (Å²) in [5.41, 5.74) is -0.251. The van der Waals surface area contributed by atoms with Crippen LogP contribution in [0.1, 0.15) is 45.2 Å². The standard InChI is InChI=1S/C30H32ClF3N10O3/c1-41-24(22-17-44(16-20-6-9-37-39-20)40-25(22)30(32,33)34)15-36-26(41)27(45)38-19-2-3-21(23(31)14-19)29(47)43-12-10-42(11-13-43)28(46)18-4-7-35-8-5-18/h2-3,6,9,14-15,17-18,35H,4-5,7-8,10-13,16H2,1H3,(H,37,39)(H,38,45). The van der Waals surface area contributed by atoms with Gasteiger partial charge in [0.1, 0.15) is 0 Å². The smallest absolute Gasteiger partial charge is 0.339 e.